The molecule has 0 bridgehead atoms. The molecule has 0 radical (unpaired) electrons. The summed E-state index contributed by atoms with van der Waals surface area (Å²) in [6.45, 7) is -1.02. The van der Waals surface area contributed by atoms with Gasteiger partial charge in [-0.25, -0.2) is 4.79 Å². The second kappa shape index (κ2) is 5.05. The van der Waals surface area contributed by atoms with E-state index in [0.717, 1.165) is 0 Å². The van der Waals surface area contributed by atoms with Crippen molar-refractivity contribution >= 4 is 16.4 Å². The molecule has 0 saturated heterocycles. The molecule has 0 fully saturated rings. The molecule has 1 unspecified atom stereocenters. The zero-order valence-corrected chi connectivity index (χ0v) is 10.3. The fourth-order valence-corrected chi connectivity index (χ4v) is 1.36. The Morgan fingerprint density at radius 2 is 1.75 bits per heavy atom. The van der Waals surface area contributed by atoms with Crippen LogP contribution in [-0.4, -0.2) is 82.2 Å². The van der Waals surface area contributed by atoms with Crippen LogP contribution in [0.15, 0.2) is 0 Å². The second-order valence-electron chi connectivity index (χ2n) is 3.27. The zero-order valence-electron chi connectivity index (χ0n) is 8.31. The SMILES string of the molecule is O=C(O)OC(O)([SiH3])C(O)(O)[C@@H](O)[C@H](O)CO. The summed E-state index contributed by atoms with van der Waals surface area (Å²) >= 11 is 0. The van der Waals surface area contributed by atoms with Gasteiger partial charge in [-0.15, -0.1) is 0 Å². The topological polar surface area (TPSA) is 168 Å². The standard InChI is InChI=1S/C6H14O9Si/c7-1-2(8)3(9)5(12,13)6(14,16)15-4(10)11/h2-3,7-9,12-14H,1H2,16H3,(H,10,11)/t2-,3+,6?/m1/s1. The minimum atomic E-state index is -3.43. The largest absolute Gasteiger partial charge is 0.508 e. The lowest BCUT2D eigenvalue weighted by atomic mass is 10.0. The number of rotatable bonds is 5. The van der Waals surface area contributed by atoms with Crippen molar-refractivity contribution in [2.75, 3.05) is 6.61 Å². The highest BCUT2D eigenvalue weighted by molar-refractivity contribution is 6.14. The monoisotopic (exact) mass is 258 g/mol. The van der Waals surface area contributed by atoms with Gasteiger partial charge in [0.05, 0.1) is 6.61 Å². The number of ether oxygens (including phenoxy) is 1. The van der Waals surface area contributed by atoms with E-state index < -0.39 is 46.4 Å². The molecule has 7 N–H and O–H groups in total. The summed E-state index contributed by atoms with van der Waals surface area (Å²) in [6.07, 6.45) is -6.37. The van der Waals surface area contributed by atoms with E-state index in [2.05, 4.69) is 4.74 Å². The fraction of sp³-hybridized carbons (Fsp3) is 0.833. The lowest BCUT2D eigenvalue weighted by Gasteiger charge is -2.39. The van der Waals surface area contributed by atoms with E-state index in [1.807, 2.05) is 0 Å². The van der Waals surface area contributed by atoms with Gasteiger partial charge in [0.2, 0.25) is 5.41 Å². The third-order valence-corrected chi connectivity index (χ3v) is 2.87. The first-order valence-corrected chi connectivity index (χ1v) is 5.12. The van der Waals surface area contributed by atoms with Crippen LogP contribution in [0.2, 0.25) is 0 Å². The summed E-state index contributed by atoms with van der Waals surface area (Å²) in [5.41, 5.74) is -2.95. The third-order valence-electron chi connectivity index (χ3n) is 1.93. The van der Waals surface area contributed by atoms with E-state index in [1.165, 1.54) is 0 Å². The van der Waals surface area contributed by atoms with Crippen LogP contribution in [0.5, 0.6) is 0 Å². The molecule has 16 heavy (non-hydrogen) atoms. The zero-order chi connectivity index (χ0) is 13.1. The molecule has 0 aliphatic carbocycles. The quantitative estimate of drug-likeness (QED) is 0.145. The van der Waals surface area contributed by atoms with Crippen LogP contribution in [0.3, 0.4) is 0 Å². The Hall–Kier alpha value is -0.753. The molecule has 0 amide bonds. The number of carboxylic acid groups (broad SMARTS) is 1. The molecule has 3 atom stereocenters. The van der Waals surface area contributed by atoms with Gasteiger partial charge in [0.1, 0.15) is 22.5 Å². The van der Waals surface area contributed by atoms with Gasteiger partial charge in [0.25, 0.3) is 5.79 Å². The summed E-state index contributed by atoms with van der Waals surface area (Å²) in [5, 5.41) is 62.7. The molecule has 0 aromatic rings. The van der Waals surface area contributed by atoms with Crippen LogP contribution in [0, 0.1) is 0 Å². The van der Waals surface area contributed by atoms with E-state index in [0.29, 0.717) is 0 Å². The van der Waals surface area contributed by atoms with E-state index in [4.69, 9.17) is 15.3 Å². The molecular formula is C6H14O9Si. The first-order chi connectivity index (χ1) is 7.06. The Morgan fingerprint density at radius 1 is 1.31 bits per heavy atom. The molecule has 0 aromatic carbocycles. The fourth-order valence-electron chi connectivity index (χ4n) is 0.888. The van der Waals surface area contributed by atoms with E-state index in [1.54, 1.807) is 0 Å². The maximum atomic E-state index is 10.1. The maximum Gasteiger partial charge on any atom is 0.508 e. The molecule has 0 rings (SSSR count). The van der Waals surface area contributed by atoms with Crippen LogP contribution in [0.4, 0.5) is 4.79 Å². The molecule has 10 heteroatoms. The van der Waals surface area contributed by atoms with Gasteiger partial charge in [-0.1, -0.05) is 0 Å². The first kappa shape index (κ1) is 15.2. The van der Waals surface area contributed by atoms with Gasteiger partial charge >= 0.3 is 6.16 Å². The number of hydrogen-bond donors (Lipinski definition) is 7. The van der Waals surface area contributed by atoms with Crippen molar-refractivity contribution in [1.82, 2.24) is 0 Å². The van der Waals surface area contributed by atoms with Crippen molar-refractivity contribution in [3.8, 4) is 0 Å². The summed E-state index contributed by atoms with van der Waals surface area (Å²) in [7, 11) is -0.600. The number of carbonyl (C=O) groups is 1. The normalized spacial score (nSPS) is 19.9. The Balaban J connectivity index is 4.94. The van der Waals surface area contributed by atoms with E-state index in [-0.39, 0.29) is 0 Å². The minimum Gasteiger partial charge on any atom is -0.450 e. The molecule has 0 spiro atoms. The van der Waals surface area contributed by atoms with Crippen LogP contribution in [-0.2, 0) is 4.74 Å². The Labute approximate surface area is 92.6 Å². The van der Waals surface area contributed by atoms with Crippen LogP contribution in [0.1, 0.15) is 0 Å². The summed E-state index contributed by atoms with van der Waals surface area (Å²) in [6, 6.07) is 0. The predicted molar refractivity (Wildman–Crippen MR) is 50.3 cm³/mol. The molecule has 0 aromatic heterocycles. The second-order valence-corrected chi connectivity index (χ2v) is 4.63. The van der Waals surface area contributed by atoms with Crippen molar-refractivity contribution in [2.24, 2.45) is 0 Å². The predicted octanol–water partition coefficient (Wildman–Crippen LogP) is -4.91. The number of aliphatic hydroxyl groups is 6. The lowest BCUT2D eigenvalue weighted by molar-refractivity contribution is -0.358. The highest BCUT2D eigenvalue weighted by atomic mass is 28.1. The number of hydrogen-bond acceptors (Lipinski definition) is 8. The molecule has 0 heterocycles. The average molecular weight is 258 g/mol. The highest BCUT2D eigenvalue weighted by Gasteiger charge is 2.55. The van der Waals surface area contributed by atoms with E-state index in [9.17, 15) is 25.2 Å². The lowest BCUT2D eigenvalue weighted by Crippen LogP contribution is -2.66. The smallest absolute Gasteiger partial charge is 0.450 e. The molecular weight excluding hydrogens is 244 g/mol. The minimum absolute atomic E-state index is 0.600. The number of aliphatic hydroxyl groups excluding tert-OH is 3. The third kappa shape index (κ3) is 3.12. The molecule has 0 aliphatic rings. The van der Waals surface area contributed by atoms with Crippen molar-refractivity contribution in [3.63, 3.8) is 0 Å². The van der Waals surface area contributed by atoms with Gasteiger partial charge in [-0.3, -0.25) is 0 Å². The van der Waals surface area contributed by atoms with Crippen molar-refractivity contribution < 1.29 is 45.3 Å². The van der Waals surface area contributed by atoms with Crippen LogP contribution in [0.25, 0.3) is 0 Å². The average Bonchev–Trinajstić information content (AvgIpc) is 2.13. The van der Waals surface area contributed by atoms with Gasteiger partial charge < -0.3 is 40.5 Å². The summed E-state index contributed by atoms with van der Waals surface area (Å²) < 4.78 is 3.80. The van der Waals surface area contributed by atoms with Crippen molar-refractivity contribution in [1.29, 1.82) is 0 Å². The highest BCUT2D eigenvalue weighted by Crippen LogP contribution is 2.24. The molecule has 9 nitrogen and oxygen atoms in total. The van der Waals surface area contributed by atoms with Crippen LogP contribution >= 0.6 is 0 Å². The summed E-state index contributed by atoms with van der Waals surface area (Å²) in [5.74, 6) is -3.43. The molecule has 0 aliphatic heterocycles. The Bertz CT molecular complexity index is 252. The Morgan fingerprint density at radius 3 is 2.06 bits per heavy atom. The van der Waals surface area contributed by atoms with Gasteiger partial charge in [-0.05, 0) is 0 Å². The summed E-state index contributed by atoms with van der Waals surface area (Å²) in [4.78, 5) is 10.1. The van der Waals surface area contributed by atoms with Gasteiger partial charge in [0, 0.05) is 0 Å². The van der Waals surface area contributed by atoms with Crippen LogP contribution < -0.4 is 0 Å². The Kier molecular flexibility index (Phi) is 4.81. The van der Waals surface area contributed by atoms with E-state index >= 15 is 0 Å². The molecule has 96 valence electrons. The van der Waals surface area contributed by atoms with Gasteiger partial charge in [-0.2, -0.15) is 0 Å². The molecule has 0 saturated carbocycles. The first-order valence-electron chi connectivity index (χ1n) is 4.12. The van der Waals surface area contributed by atoms with Crippen molar-refractivity contribution in [2.45, 2.75) is 23.4 Å². The van der Waals surface area contributed by atoms with Crippen molar-refractivity contribution in [3.05, 3.63) is 0 Å². The van der Waals surface area contributed by atoms with Gasteiger partial charge in [0.15, 0.2) is 0 Å². The maximum absolute atomic E-state index is 10.1.